The van der Waals surface area contributed by atoms with Gasteiger partial charge in [-0.1, -0.05) is 37.2 Å². The lowest BCUT2D eigenvalue weighted by Gasteiger charge is -2.05. The zero-order valence-electron chi connectivity index (χ0n) is 13.8. The van der Waals surface area contributed by atoms with Gasteiger partial charge in [0.25, 0.3) is 5.56 Å². The summed E-state index contributed by atoms with van der Waals surface area (Å²) < 4.78 is 5.60. The number of benzene rings is 1. The van der Waals surface area contributed by atoms with Gasteiger partial charge in [-0.15, -0.1) is 0 Å². The minimum Gasteiger partial charge on any atom is -0.453 e. The Morgan fingerprint density at radius 1 is 1.29 bits per heavy atom. The molecule has 0 spiro atoms. The topological polar surface area (TPSA) is 76.0 Å². The summed E-state index contributed by atoms with van der Waals surface area (Å²) in [5, 5.41) is 1.36. The molecule has 24 heavy (non-hydrogen) atoms. The molecule has 124 valence electrons. The Balaban J connectivity index is 1.76. The highest BCUT2D eigenvalue weighted by Gasteiger charge is 2.14. The van der Waals surface area contributed by atoms with Crippen LogP contribution >= 0.6 is 11.8 Å². The van der Waals surface area contributed by atoms with Crippen LogP contribution in [0.5, 0.6) is 0 Å². The molecule has 3 rings (SSSR count). The van der Waals surface area contributed by atoms with Crippen LogP contribution in [0, 0.1) is 6.92 Å². The van der Waals surface area contributed by atoms with Gasteiger partial charge in [0, 0.05) is 11.5 Å². The number of ketones is 1. The number of nitrogens with zero attached hydrogens (tertiary/aromatic N) is 1. The fraction of sp³-hybridized carbons (Fsp3) is 0.278. The smallest absolute Gasteiger partial charge is 0.251 e. The van der Waals surface area contributed by atoms with Gasteiger partial charge in [-0.2, -0.15) is 0 Å². The van der Waals surface area contributed by atoms with Crippen LogP contribution in [-0.2, 0) is 0 Å². The number of H-pyrrole nitrogens is 1. The summed E-state index contributed by atoms with van der Waals surface area (Å²) in [7, 11) is 0. The molecule has 0 aliphatic carbocycles. The molecule has 1 aromatic carbocycles. The number of fused-ring (bicyclic) bond motifs is 1. The average Bonchev–Trinajstić information content (AvgIpc) is 2.95. The van der Waals surface area contributed by atoms with Crippen molar-refractivity contribution in [2.24, 2.45) is 0 Å². The van der Waals surface area contributed by atoms with Crippen LogP contribution in [0.2, 0.25) is 0 Å². The number of aromatic amines is 1. The van der Waals surface area contributed by atoms with Gasteiger partial charge >= 0.3 is 0 Å². The molecule has 0 aliphatic rings. The Morgan fingerprint density at radius 3 is 2.83 bits per heavy atom. The highest BCUT2D eigenvalue weighted by atomic mass is 32.2. The van der Waals surface area contributed by atoms with E-state index in [9.17, 15) is 9.59 Å². The van der Waals surface area contributed by atoms with Gasteiger partial charge in [-0.05, 0) is 31.0 Å². The van der Waals surface area contributed by atoms with Crippen LogP contribution in [0.1, 0.15) is 41.6 Å². The lowest BCUT2D eigenvalue weighted by atomic mass is 10.1. The normalized spacial score (nSPS) is 11.3. The number of carbonyl (C=O) groups excluding carboxylic acids is 1. The Kier molecular flexibility index (Phi) is 4.57. The maximum atomic E-state index is 12.3. The first-order valence-electron chi connectivity index (χ1n) is 7.70. The van der Waals surface area contributed by atoms with E-state index in [2.05, 4.69) is 9.97 Å². The molecule has 0 radical (unpaired) electrons. The molecule has 0 saturated carbocycles. The van der Waals surface area contributed by atoms with Crippen molar-refractivity contribution in [1.29, 1.82) is 0 Å². The summed E-state index contributed by atoms with van der Waals surface area (Å²) in [5.74, 6) is 0.501. The lowest BCUT2D eigenvalue weighted by molar-refractivity contribution is 0.0994. The highest BCUT2D eigenvalue weighted by molar-refractivity contribution is 7.99. The van der Waals surface area contributed by atoms with Crippen molar-refractivity contribution in [2.75, 3.05) is 5.75 Å². The third-order valence-corrected chi connectivity index (χ3v) is 4.49. The highest BCUT2D eigenvalue weighted by Crippen LogP contribution is 2.23. The molecule has 0 unspecified atom stereocenters. The van der Waals surface area contributed by atoms with Gasteiger partial charge in [0.05, 0.1) is 11.4 Å². The van der Waals surface area contributed by atoms with Crippen molar-refractivity contribution >= 4 is 28.5 Å². The first-order valence-corrected chi connectivity index (χ1v) is 8.68. The number of aromatic nitrogens is 2. The van der Waals surface area contributed by atoms with E-state index in [4.69, 9.17) is 4.42 Å². The van der Waals surface area contributed by atoms with Gasteiger partial charge in [0.1, 0.15) is 5.58 Å². The van der Waals surface area contributed by atoms with E-state index in [1.54, 1.807) is 6.07 Å². The largest absolute Gasteiger partial charge is 0.453 e. The number of carbonyl (C=O) groups is 1. The molecular formula is C18H18N2O3S. The van der Waals surface area contributed by atoms with Crippen LogP contribution in [0.4, 0.5) is 0 Å². The van der Waals surface area contributed by atoms with Crippen LogP contribution in [0.15, 0.2) is 44.7 Å². The number of hydrogen-bond acceptors (Lipinski definition) is 5. The van der Waals surface area contributed by atoms with E-state index < -0.39 is 0 Å². The van der Waals surface area contributed by atoms with Crippen molar-refractivity contribution in [2.45, 2.75) is 31.8 Å². The minimum absolute atomic E-state index is 0.133. The Hall–Kier alpha value is -2.34. The molecule has 0 atom stereocenters. The maximum absolute atomic E-state index is 12.3. The van der Waals surface area contributed by atoms with E-state index in [0.717, 1.165) is 10.9 Å². The number of thioether (sulfide) groups is 1. The second kappa shape index (κ2) is 6.65. The summed E-state index contributed by atoms with van der Waals surface area (Å²) >= 11 is 1.21. The molecule has 6 heteroatoms. The Labute approximate surface area is 143 Å². The molecule has 5 nitrogen and oxygen atoms in total. The number of furan rings is 1. The summed E-state index contributed by atoms with van der Waals surface area (Å²) in [6.07, 6.45) is 0. The molecule has 0 amide bonds. The fourth-order valence-corrected chi connectivity index (χ4v) is 3.08. The van der Waals surface area contributed by atoms with E-state index in [1.807, 2.05) is 39.0 Å². The van der Waals surface area contributed by atoms with E-state index >= 15 is 0 Å². The molecular weight excluding hydrogens is 324 g/mol. The van der Waals surface area contributed by atoms with Gasteiger partial charge in [0.2, 0.25) is 5.78 Å². The fourth-order valence-electron chi connectivity index (χ4n) is 2.32. The third-order valence-electron chi connectivity index (χ3n) is 3.62. The molecule has 0 aliphatic heterocycles. The van der Waals surface area contributed by atoms with E-state index in [-0.39, 0.29) is 23.0 Å². The van der Waals surface area contributed by atoms with Crippen LogP contribution in [0.3, 0.4) is 0 Å². The minimum atomic E-state index is -0.206. The number of Topliss-reactive ketones (excluding diaryl/α,β-unsaturated/α-hetero) is 1. The Morgan fingerprint density at radius 2 is 2.08 bits per heavy atom. The summed E-state index contributed by atoms with van der Waals surface area (Å²) in [5.41, 5.74) is 2.32. The van der Waals surface area contributed by atoms with Crippen molar-refractivity contribution in [3.63, 3.8) is 0 Å². The van der Waals surface area contributed by atoms with Crippen LogP contribution < -0.4 is 5.56 Å². The average molecular weight is 342 g/mol. The van der Waals surface area contributed by atoms with Crippen LogP contribution in [0.25, 0.3) is 11.0 Å². The van der Waals surface area contributed by atoms with Crippen molar-refractivity contribution in [3.05, 3.63) is 57.7 Å². The zero-order chi connectivity index (χ0) is 17.3. The molecule has 3 aromatic rings. The molecule has 0 saturated heterocycles. The summed E-state index contributed by atoms with van der Waals surface area (Å²) in [4.78, 5) is 31.0. The number of nitrogens with one attached hydrogen (secondary N) is 1. The summed E-state index contributed by atoms with van der Waals surface area (Å²) in [6.45, 7) is 5.93. The molecule has 2 aromatic heterocycles. The molecule has 0 bridgehead atoms. The lowest BCUT2D eigenvalue weighted by Crippen LogP contribution is -2.12. The first-order chi connectivity index (χ1) is 11.4. The SMILES string of the molecule is Cc1ccc2oc(C(=O)CSc3nc(C(C)C)cc(=O)[nH]3)cc2c1. The molecule has 0 fully saturated rings. The quantitative estimate of drug-likeness (QED) is 0.432. The predicted octanol–water partition coefficient (Wildman–Crippen LogP) is 3.92. The van der Waals surface area contributed by atoms with Crippen molar-refractivity contribution in [3.8, 4) is 0 Å². The van der Waals surface area contributed by atoms with Gasteiger partial charge < -0.3 is 9.40 Å². The van der Waals surface area contributed by atoms with Gasteiger partial charge in [-0.3, -0.25) is 9.59 Å². The van der Waals surface area contributed by atoms with E-state index in [1.165, 1.54) is 17.8 Å². The zero-order valence-corrected chi connectivity index (χ0v) is 14.6. The van der Waals surface area contributed by atoms with Gasteiger partial charge in [0.15, 0.2) is 10.9 Å². The second-order valence-corrected chi connectivity index (χ2v) is 6.96. The maximum Gasteiger partial charge on any atom is 0.251 e. The third kappa shape index (κ3) is 3.59. The predicted molar refractivity (Wildman–Crippen MR) is 95.0 cm³/mol. The molecule has 1 N–H and O–H groups in total. The summed E-state index contributed by atoms with van der Waals surface area (Å²) in [6, 6.07) is 9.03. The van der Waals surface area contributed by atoms with E-state index in [0.29, 0.717) is 22.2 Å². The van der Waals surface area contributed by atoms with Crippen molar-refractivity contribution in [1.82, 2.24) is 9.97 Å². The monoisotopic (exact) mass is 342 g/mol. The second-order valence-electron chi connectivity index (χ2n) is 5.99. The number of hydrogen-bond donors (Lipinski definition) is 1. The number of aryl methyl sites for hydroxylation is 1. The standard InChI is InChI=1S/C18H18N2O3S/c1-10(2)13-8-17(22)20-18(19-13)24-9-14(21)16-7-12-6-11(3)4-5-15(12)23-16/h4-8,10H,9H2,1-3H3,(H,19,20,22). The number of rotatable bonds is 5. The first kappa shape index (κ1) is 16.5. The molecule has 2 heterocycles. The van der Waals surface area contributed by atoms with Gasteiger partial charge in [-0.25, -0.2) is 4.98 Å². The van der Waals surface area contributed by atoms with Crippen LogP contribution in [-0.4, -0.2) is 21.5 Å². The Bertz CT molecular complexity index is 956. The van der Waals surface area contributed by atoms with Crippen molar-refractivity contribution < 1.29 is 9.21 Å².